The van der Waals surface area contributed by atoms with Gasteiger partial charge in [0.25, 0.3) is 0 Å². The summed E-state index contributed by atoms with van der Waals surface area (Å²) in [6.07, 6.45) is 5.74. The van der Waals surface area contributed by atoms with Crippen LogP contribution in [-0.2, 0) is 15.1 Å². The fourth-order valence-electron chi connectivity index (χ4n) is 4.40. The largest absolute Gasteiger partial charge is 0.424 e. The highest BCUT2D eigenvalue weighted by Gasteiger charge is 2.56. The first-order valence-electron chi connectivity index (χ1n) is 9.99. The monoisotopic (exact) mass is 411 g/mol. The predicted molar refractivity (Wildman–Crippen MR) is 104 cm³/mol. The van der Waals surface area contributed by atoms with E-state index in [0.29, 0.717) is 18.1 Å². The molecule has 2 aromatic rings. The first-order valence-corrected chi connectivity index (χ1v) is 9.99. The van der Waals surface area contributed by atoms with Crippen LogP contribution in [0.25, 0.3) is 0 Å². The molecule has 0 spiro atoms. The molecular formula is C21H22FN5O3. The molecule has 5 rings (SSSR count). The molecule has 1 amide bonds. The quantitative estimate of drug-likeness (QED) is 0.802. The zero-order chi connectivity index (χ0) is 20.9. The first kappa shape index (κ1) is 18.9. The van der Waals surface area contributed by atoms with Crippen molar-refractivity contribution in [3.05, 3.63) is 48.0 Å². The lowest BCUT2D eigenvalue weighted by atomic mass is 9.71. The van der Waals surface area contributed by atoms with E-state index in [4.69, 9.17) is 14.9 Å². The average Bonchev–Trinajstić information content (AvgIpc) is 3.59. The van der Waals surface area contributed by atoms with Gasteiger partial charge in [-0.3, -0.25) is 15.1 Å². The number of rotatable bonds is 4. The normalized spacial score (nSPS) is 28.7. The van der Waals surface area contributed by atoms with Crippen LogP contribution in [-0.4, -0.2) is 46.5 Å². The van der Waals surface area contributed by atoms with Crippen LogP contribution in [0, 0.1) is 23.1 Å². The van der Waals surface area contributed by atoms with Crippen molar-refractivity contribution >= 4 is 11.9 Å². The van der Waals surface area contributed by atoms with Crippen molar-refractivity contribution in [2.75, 3.05) is 13.7 Å². The van der Waals surface area contributed by atoms with Crippen molar-refractivity contribution in [2.24, 2.45) is 11.8 Å². The number of ether oxygens (including phenoxy) is 2. The summed E-state index contributed by atoms with van der Waals surface area (Å²) >= 11 is 0. The molecule has 9 heteroatoms. The molecule has 0 unspecified atom stereocenters. The molecule has 1 aromatic carbocycles. The van der Waals surface area contributed by atoms with E-state index in [1.54, 1.807) is 31.6 Å². The summed E-state index contributed by atoms with van der Waals surface area (Å²) in [6.45, 7) is 0.100. The number of hydrogen-bond donors (Lipinski definition) is 2. The number of guanidine groups is 1. The lowest BCUT2D eigenvalue weighted by molar-refractivity contribution is -0.150. The molecular weight excluding hydrogens is 389 g/mol. The van der Waals surface area contributed by atoms with Gasteiger partial charge in [0, 0.05) is 25.0 Å². The van der Waals surface area contributed by atoms with Gasteiger partial charge in [-0.05, 0) is 49.4 Å². The molecule has 2 saturated heterocycles. The van der Waals surface area contributed by atoms with Crippen molar-refractivity contribution in [3.8, 4) is 11.8 Å². The van der Waals surface area contributed by atoms with E-state index in [1.807, 2.05) is 0 Å². The Morgan fingerprint density at radius 2 is 2.10 bits per heavy atom. The van der Waals surface area contributed by atoms with E-state index < -0.39 is 17.3 Å². The molecule has 3 fully saturated rings. The van der Waals surface area contributed by atoms with Gasteiger partial charge in [0.05, 0.1) is 18.6 Å². The maximum Gasteiger partial charge on any atom is 0.321 e. The summed E-state index contributed by atoms with van der Waals surface area (Å²) in [5.41, 5.74) is -0.936. The van der Waals surface area contributed by atoms with Gasteiger partial charge in [0.15, 0.2) is 5.96 Å². The Kier molecular flexibility index (Phi) is 4.43. The highest BCUT2D eigenvalue weighted by atomic mass is 19.1. The Morgan fingerprint density at radius 3 is 2.83 bits per heavy atom. The van der Waals surface area contributed by atoms with E-state index in [9.17, 15) is 4.79 Å². The highest BCUT2D eigenvalue weighted by Crippen LogP contribution is 2.48. The Balaban J connectivity index is 1.54. The number of nitrogens with zero attached hydrogens (tertiary/aromatic N) is 3. The Hall–Kier alpha value is -3.07. The van der Waals surface area contributed by atoms with E-state index in [2.05, 4.69) is 15.3 Å². The van der Waals surface area contributed by atoms with Crippen molar-refractivity contribution in [1.82, 2.24) is 20.2 Å². The Bertz CT molecular complexity index is 999. The van der Waals surface area contributed by atoms with E-state index in [0.717, 1.165) is 12.8 Å². The minimum atomic E-state index is -1.17. The second-order valence-corrected chi connectivity index (χ2v) is 8.09. The van der Waals surface area contributed by atoms with Gasteiger partial charge in [-0.2, -0.15) is 0 Å². The lowest BCUT2D eigenvalue weighted by Crippen LogP contribution is -2.69. The molecule has 1 aromatic heterocycles. The Labute approximate surface area is 172 Å². The third-order valence-electron chi connectivity index (χ3n) is 6.21. The molecule has 2 N–H and O–H groups in total. The fourth-order valence-corrected chi connectivity index (χ4v) is 4.40. The third kappa shape index (κ3) is 3.09. The maximum absolute atomic E-state index is 15.1. The van der Waals surface area contributed by atoms with Gasteiger partial charge in [-0.25, -0.2) is 14.4 Å². The topological polar surface area (TPSA) is 100 Å². The van der Waals surface area contributed by atoms with Crippen LogP contribution in [0.5, 0.6) is 11.8 Å². The maximum atomic E-state index is 15.1. The van der Waals surface area contributed by atoms with Gasteiger partial charge < -0.3 is 14.8 Å². The van der Waals surface area contributed by atoms with E-state index in [-0.39, 0.29) is 36.2 Å². The van der Waals surface area contributed by atoms with E-state index in [1.165, 1.54) is 17.0 Å². The molecule has 156 valence electrons. The summed E-state index contributed by atoms with van der Waals surface area (Å²) in [7, 11) is 1.56. The van der Waals surface area contributed by atoms with Gasteiger partial charge in [-0.1, -0.05) is 0 Å². The molecule has 2 aliphatic heterocycles. The highest BCUT2D eigenvalue weighted by molar-refractivity contribution is 6.00. The number of hydrogen-bond acceptors (Lipinski definition) is 6. The zero-order valence-corrected chi connectivity index (χ0v) is 16.5. The minimum Gasteiger partial charge on any atom is -0.424 e. The third-order valence-corrected chi connectivity index (χ3v) is 6.21. The molecule has 0 radical (unpaired) electrons. The smallest absolute Gasteiger partial charge is 0.321 e. The van der Waals surface area contributed by atoms with Crippen molar-refractivity contribution in [2.45, 2.75) is 30.9 Å². The number of carbonyl (C=O) groups is 1. The van der Waals surface area contributed by atoms with Crippen LogP contribution in [0.1, 0.15) is 24.8 Å². The number of benzene rings is 1. The number of halogens is 1. The summed E-state index contributed by atoms with van der Waals surface area (Å²) in [5, 5.41) is 11.3. The molecule has 0 bridgehead atoms. The van der Waals surface area contributed by atoms with Gasteiger partial charge in [0.1, 0.15) is 17.1 Å². The molecule has 1 saturated carbocycles. The number of amides is 1. The summed E-state index contributed by atoms with van der Waals surface area (Å²) in [4.78, 5) is 22.5. The summed E-state index contributed by atoms with van der Waals surface area (Å²) < 4.78 is 26.9. The van der Waals surface area contributed by atoms with Crippen LogP contribution in [0.15, 0.2) is 36.7 Å². The molecule has 3 heterocycles. The van der Waals surface area contributed by atoms with Gasteiger partial charge in [0.2, 0.25) is 5.91 Å². The first-order chi connectivity index (χ1) is 14.5. The van der Waals surface area contributed by atoms with Crippen LogP contribution < -0.4 is 10.1 Å². The average molecular weight is 411 g/mol. The van der Waals surface area contributed by atoms with Crippen molar-refractivity contribution < 1.29 is 18.7 Å². The van der Waals surface area contributed by atoms with Gasteiger partial charge in [-0.15, -0.1) is 0 Å². The van der Waals surface area contributed by atoms with Crippen LogP contribution in [0.4, 0.5) is 4.39 Å². The molecule has 1 aliphatic carbocycles. The number of nitrogens with one attached hydrogen (secondary N) is 2. The van der Waals surface area contributed by atoms with Crippen LogP contribution in [0.2, 0.25) is 0 Å². The summed E-state index contributed by atoms with van der Waals surface area (Å²) in [6, 6.07) is 6.12. The van der Waals surface area contributed by atoms with Crippen LogP contribution in [0.3, 0.4) is 0 Å². The Morgan fingerprint density at radius 1 is 1.33 bits per heavy atom. The standard InChI is InChI=1S/C21H22FN5O3/c1-27-18(28)15-10-17(12-3-4-12)29-11-21(15,26-19(27)23)14-9-13(5-6-16(14)22)30-20-24-7-2-8-25-20/h2,5-9,12,15,17H,3-4,10-11H2,1H3,(H2,23,26)/t15-,17+,21+/m0/s1. The van der Waals surface area contributed by atoms with Crippen molar-refractivity contribution in [1.29, 1.82) is 5.41 Å². The van der Waals surface area contributed by atoms with Gasteiger partial charge >= 0.3 is 6.01 Å². The minimum absolute atomic E-state index is 0.0187. The molecule has 3 aliphatic rings. The molecule has 30 heavy (non-hydrogen) atoms. The fraction of sp³-hybridized carbons (Fsp3) is 0.429. The second-order valence-electron chi connectivity index (χ2n) is 8.09. The second kappa shape index (κ2) is 7.02. The number of fused-ring (bicyclic) bond motifs is 1. The lowest BCUT2D eigenvalue weighted by Gasteiger charge is -2.51. The predicted octanol–water partition coefficient (Wildman–Crippen LogP) is 2.41. The number of carbonyl (C=O) groups excluding carboxylic acids is 1. The van der Waals surface area contributed by atoms with Crippen LogP contribution >= 0.6 is 0 Å². The zero-order valence-electron chi connectivity index (χ0n) is 16.5. The number of aromatic nitrogens is 2. The summed E-state index contributed by atoms with van der Waals surface area (Å²) in [5.74, 6) is -0.528. The molecule has 8 nitrogen and oxygen atoms in total. The molecule has 3 atom stereocenters. The van der Waals surface area contributed by atoms with Crippen molar-refractivity contribution in [3.63, 3.8) is 0 Å². The van der Waals surface area contributed by atoms with E-state index >= 15 is 4.39 Å². The SMILES string of the molecule is CN1C(=N)N[C@@]2(c3cc(Oc4ncccn4)ccc3F)CO[C@@H](C3CC3)C[C@H]2C1=O.